The predicted octanol–water partition coefficient (Wildman–Crippen LogP) is 4.18. The molecule has 1 saturated carbocycles. The molecule has 1 aliphatic heterocycles. The maximum atomic E-state index is 14.4. The number of aliphatic hydroxyl groups excluding tert-OH is 2. The zero-order valence-electron chi connectivity index (χ0n) is 27.5. The van der Waals surface area contributed by atoms with Crippen molar-refractivity contribution in [2.45, 2.75) is 128 Å². The summed E-state index contributed by atoms with van der Waals surface area (Å²) in [7, 11) is -2.37. The van der Waals surface area contributed by atoms with Crippen molar-refractivity contribution in [2.24, 2.45) is 16.7 Å². The topological polar surface area (TPSA) is 143 Å². The first-order valence-corrected chi connectivity index (χ1v) is 18.6. The smallest absolute Gasteiger partial charge is 0.338 e. The molecule has 0 spiro atoms. The van der Waals surface area contributed by atoms with Crippen molar-refractivity contribution < 1.29 is 43.9 Å². The molecule has 44 heavy (non-hydrogen) atoms. The standard InChI is InChI=1S/C34H52O9Si/c1-9-44(10-2,11-3)43-25-17-26-33(39,20-41-26)27(32(25,8)28(37)22(5)35)29(42-30(38)23-15-13-12-14-16-23)34(40)19-24(36)21(4)18-31(34,6)7/h12-16,18,22,24-27,29,35-36,39-40H,9-11,17,19-20H2,1-8H3/t22-,24+,25+,26-,27?,29?,32-,33+,34-/m1/s1. The zero-order chi connectivity index (χ0) is 32.9. The van der Waals surface area contributed by atoms with Crippen LogP contribution in [-0.2, 0) is 18.7 Å². The third-order valence-corrected chi connectivity index (χ3v) is 16.0. The molecule has 2 aliphatic carbocycles. The summed E-state index contributed by atoms with van der Waals surface area (Å²) in [4.78, 5) is 28.2. The summed E-state index contributed by atoms with van der Waals surface area (Å²) in [5, 5.41) is 47.2. The Morgan fingerprint density at radius 1 is 1.07 bits per heavy atom. The number of rotatable bonds is 11. The molecule has 1 aromatic rings. The molecule has 9 atom stereocenters. The van der Waals surface area contributed by atoms with E-state index in [1.54, 1.807) is 64.1 Å². The second kappa shape index (κ2) is 12.4. The van der Waals surface area contributed by atoms with Crippen molar-refractivity contribution in [3.8, 4) is 0 Å². The first-order chi connectivity index (χ1) is 20.5. The van der Waals surface area contributed by atoms with Crippen molar-refractivity contribution in [1.82, 2.24) is 0 Å². The number of Topliss-reactive ketones (excluding diaryl/α,β-unsaturated/α-hetero) is 1. The number of aliphatic hydroxyl groups is 4. The summed E-state index contributed by atoms with van der Waals surface area (Å²) in [6, 6.07) is 10.7. The van der Waals surface area contributed by atoms with Crippen molar-refractivity contribution in [3.63, 3.8) is 0 Å². The molecule has 4 N–H and O–H groups in total. The molecule has 1 aromatic carbocycles. The predicted molar refractivity (Wildman–Crippen MR) is 168 cm³/mol. The van der Waals surface area contributed by atoms with Gasteiger partial charge in [0, 0.05) is 24.2 Å². The first-order valence-electron chi connectivity index (χ1n) is 16.1. The van der Waals surface area contributed by atoms with Crippen LogP contribution in [0.25, 0.3) is 0 Å². The summed E-state index contributed by atoms with van der Waals surface area (Å²) >= 11 is 0. The average Bonchev–Trinajstić information content (AvgIpc) is 2.98. The van der Waals surface area contributed by atoms with Gasteiger partial charge in [-0.1, -0.05) is 58.9 Å². The highest BCUT2D eigenvalue weighted by molar-refractivity contribution is 6.73. The van der Waals surface area contributed by atoms with E-state index in [9.17, 15) is 30.0 Å². The van der Waals surface area contributed by atoms with Crippen molar-refractivity contribution in [2.75, 3.05) is 6.61 Å². The molecule has 2 unspecified atom stereocenters. The molecular weight excluding hydrogens is 580 g/mol. The van der Waals surface area contributed by atoms with Gasteiger partial charge in [0.25, 0.3) is 0 Å². The molecular formula is C34H52O9Si. The minimum absolute atomic E-state index is 0.150. The van der Waals surface area contributed by atoms with Gasteiger partial charge in [-0.05, 0) is 56.6 Å². The third-order valence-electron chi connectivity index (χ3n) is 11.3. The van der Waals surface area contributed by atoms with Crippen LogP contribution in [0, 0.1) is 16.7 Å². The maximum Gasteiger partial charge on any atom is 0.338 e. The monoisotopic (exact) mass is 632 g/mol. The van der Waals surface area contributed by atoms with Gasteiger partial charge in [-0.25, -0.2) is 4.79 Å². The highest BCUT2D eigenvalue weighted by Gasteiger charge is 2.74. The fraction of sp³-hybridized carbons (Fsp3) is 0.706. The summed E-state index contributed by atoms with van der Waals surface area (Å²) in [5.74, 6) is -2.55. The Kier molecular flexibility index (Phi) is 9.81. The van der Waals surface area contributed by atoms with E-state index < -0.39 is 78.5 Å². The van der Waals surface area contributed by atoms with Crippen LogP contribution in [0.5, 0.6) is 0 Å². The Balaban J connectivity index is 1.99. The number of fused-ring (bicyclic) bond motifs is 1. The molecule has 0 bridgehead atoms. The Morgan fingerprint density at radius 2 is 1.66 bits per heavy atom. The number of ketones is 1. The second-order valence-corrected chi connectivity index (χ2v) is 18.8. The minimum atomic E-state index is -2.37. The van der Waals surface area contributed by atoms with Crippen LogP contribution in [0.2, 0.25) is 18.1 Å². The van der Waals surface area contributed by atoms with Crippen LogP contribution in [-0.4, -0.2) is 88.8 Å². The summed E-state index contributed by atoms with van der Waals surface area (Å²) < 4.78 is 19.3. The number of benzene rings is 1. The largest absolute Gasteiger partial charge is 0.455 e. The zero-order valence-corrected chi connectivity index (χ0v) is 28.5. The maximum absolute atomic E-state index is 14.4. The number of ether oxygens (including phenoxy) is 2. The van der Waals surface area contributed by atoms with Gasteiger partial charge in [-0.2, -0.15) is 0 Å². The van der Waals surface area contributed by atoms with Crippen LogP contribution in [0.15, 0.2) is 42.0 Å². The Morgan fingerprint density at radius 3 is 2.16 bits per heavy atom. The van der Waals surface area contributed by atoms with Gasteiger partial charge in [0.15, 0.2) is 14.1 Å². The van der Waals surface area contributed by atoms with Crippen LogP contribution in [0.3, 0.4) is 0 Å². The molecule has 0 aromatic heterocycles. The van der Waals surface area contributed by atoms with E-state index >= 15 is 0 Å². The van der Waals surface area contributed by atoms with Crippen molar-refractivity contribution in [3.05, 3.63) is 47.5 Å². The van der Waals surface area contributed by atoms with E-state index in [0.29, 0.717) is 5.57 Å². The second-order valence-electron chi connectivity index (χ2n) is 14.1. The number of hydrogen-bond acceptors (Lipinski definition) is 9. The molecule has 4 rings (SSSR count). The van der Waals surface area contributed by atoms with Crippen LogP contribution >= 0.6 is 0 Å². The number of hydrogen-bond donors (Lipinski definition) is 4. The van der Waals surface area contributed by atoms with E-state index in [1.807, 2.05) is 0 Å². The summed E-state index contributed by atoms with van der Waals surface area (Å²) in [5.41, 5.74) is -5.40. The quantitative estimate of drug-likeness (QED) is 0.161. The summed E-state index contributed by atoms with van der Waals surface area (Å²) in [6.45, 7) is 14.5. The highest BCUT2D eigenvalue weighted by Crippen LogP contribution is 2.60. The fourth-order valence-electron chi connectivity index (χ4n) is 8.09. The number of carbonyl (C=O) groups is 2. The molecule has 9 nitrogen and oxygen atoms in total. The molecule has 0 radical (unpaired) electrons. The molecule has 246 valence electrons. The van der Waals surface area contributed by atoms with Crippen LogP contribution in [0.1, 0.15) is 78.6 Å². The Bertz CT molecular complexity index is 1240. The number of carbonyl (C=O) groups excluding carboxylic acids is 2. The molecule has 1 heterocycles. The van der Waals surface area contributed by atoms with Gasteiger partial charge >= 0.3 is 5.97 Å². The fourth-order valence-corrected chi connectivity index (χ4v) is 11.0. The lowest BCUT2D eigenvalue weighted by Crippen LogP contribution is -2.80. The molecule has 2 fully saturated rings. The molecule has 10 heteroatoms. The van der Waals surface area contributed by atoms with E-state index in [4.69, 9.17) is 13.9 Å². The van der Waals surface area contributed by atoms with Crippen molar-refractivity contribution in [1.29, 1.82) is 0 Å². The number of esters is 1. The van der Waals surface area contributed by atoms with E-state index in [2.05, 4.69) is 20.8 Å². The van der Waals surface area contributed by atoms with Gasteiger partial charge in [0.2, 0.25) is 0 Å². The van der Waals surface area contributed by atoms with Gasteiger partial charge in [-0.15, -0.1) is 0 Å². The lowest BCUT2D eigenvalue weighted by Gasteiger charge is -2.65. The summed E-state index contributed by atoms with van der Waals surface area (Å²) in [6.07, 6.45) is -3.75. The van der Waals surface area contributed by atoms with Crippen LogP contribution < -0.4 is 0 Å². The van der Waals surface area contributed by atoms with Crippen LogP contribution in [0.4, 0.5) is 0 Å². The minimum Gasteiger partial charge on any atom is -0.455 e. The lowest BCUT2D eigenvalue weighted by molar-refractivity contribution is -0.339. The molecule has 0 amide bonds. The lowest BCUT2D eigenvalue weighted by atomic mass is 9.48. The molecule has 1 saturated heterocycles. The van der Waals surface area contributed by atoms with E-state index in [1.165, 1.54) is 6.92 Å². The third kappa shape index (κ3) is 5.54. The van der Waals surface area contributed by atoms with E-state index in [0.717, 1.165) is 18.1 Å². The normalized spacial score (nSPS) is 36.3. The Hall–Kier alpha value is -1.92. The SMILES string of the molecule is CC[Si](CC)(CC)O[C@H]1C[C@H]2OC[C@@]2(O)C(C(OC(=O)c2ccccc2)[C@]2(O)C[C@H](O)C(C)=CC2(C)C)[C@]1(C)C(=O)[C@@H](C)O. The highest BCUT2D eigenvalue weighted by atomic mass is 28.4. The molecule has 3 aliphatic rings. The first kappa shape index (κ1) is 34.9. The van der Waals surface area contributed by atoms with E-state index in [-0.39, 0.29) is 25.0 Å². The Labute approximate surface area is 262 Å². The van der Waals surface area contributed by atoms with Gasteiger partial charge in [0.1, 0.15) is 23.4 Å². The van der Waals surface area contributed by atoms with Crippen molar-refractivity contribution >= 4 is 20.1 Å². The average molecular weight is 633 g/mol. The van der Waals surface area contributed by atoms with Gasteiger partial charge < -0.3 is 34.3 Å². The van der Waals surface area contributed by atoms with Gasteiger partial charge in [0.05, 0.1) is 35.9 Å². The van der Waals surface area contributed by atoms with Gasteiger partial charge in [-0.3, -0.25) is 4.79 Å².